The predicted molar refractivity (Wildman–Crippen MR) is 121 cm³/mol. The smallest absolute Gasteiger partial charge is 0.229 e. The molecule has 0 atom stereocenters. The summed E-state index contributed by atoms with van der Waals surface area (Å²) in [7, 11) is 0. The van der Waals surface area contributed by atoms with Gasteiger partial charge >= 0.3 is 0 Å². The van der Waals surface area contributed by atoms with E-state index in [9.17, 15) is 9.59 Å². The number of amides is 2. The fourth-order valence-corrected chi connectivity index (χ4v) is 4.15. The maximum atomic E-state index is 12.4. The Morgan fingerprint density at radius 1 is 1.06 bits per heavy atom. The average Bonchev–Trinajstić information content (AvgIpc) is 3.31. The van der Waals surface area contributed by atoms with Crippen molar-refractivity contribution in [1.82, 2.24) is 10.2 Å². The molecule has 0 unspecified atom stereocenters. The number of H-pyrrole nitrogens is 1. The first-order valence-corrected chi connectivity index (χ1v) is 10.4. The normalized spacial score (nSPS) is 10.6. The molecule has 31 heavy (non-hydrogen) atoms. The number of nitrogens with zero attached hydrogens (tertiary/aromatic N) is 2. The van der Waals surface area contributed by atoms with Gasteiger partial charge < -0.3 is 10.6 Å². The number of hydrogen-bond acceptors (Lipinski definition) is 5. The SMILES string of the molecule is Cc1ccc(CC(=O)Nc2[nH]nc3sc(CC(=O)Nc4ccccc4C#N)cc23)cc1. The number of fused-ring (bicyclic) bond motifs is 1. The Balaban J connectivity index is 1.42. The van der Waals surface area contributed by atoms with E-state index in [-0.39, 0.29) is 24.7 Å². The molecule has 0 aliphatic rings. The predicted octanol–water partition coefficient (Wildman–Crippen LogP) is 4.17. The maximum Gasteiger partial charge on any atom is 0.229 e. The number of anilines is 2. The molecule has 7 nitrogen and oxygen atoms in total. The van der Waals surface area contributed by atoms with E-state index >= 15 is 0 Å². The van der Waals surface area contributed by atoms with Gasteiger partial charge in [-0.05, 0) is 30.7 Å². The van der Waals surface area contributed by atoms with Crippen molar-refractivity contribution in [2.75, 3.05) is 10.6 Å². The van der Waals surface area contributed by atoms with Gasteiger partial charge in [-0.2, -0.15) is 10.4 Å². The first kappa shape index (κ1) is 20.3. The van der Waals surface area contributed by atoms with Gasteiger partial charge in [0.1, 0.15) is 16.7 Å². The summed E-state index contributed by atoms with van der Waals surface area (Å²) < 4.78 is 0. The highest BCUT2D eigenvalue weighted by Gasteiger charge is 2.15. The van der Waals surface area contributed by atoms with E-state index in [4.69, 9.17) is 5.26 Å². The third-order valence-corrected chi connectivity index (χ3v) is 5.74. The molecule has 0 radical (unpaired) electrons. The van der Waals surface area contributed by atoms with Crippen molar-refractivity contribution < 1.29 is 9.59 Å². The van der Waals surface area contributed by atoms with Crippen molar-refractivity contribution >= 4 is 44.9 Å². The zero-order chi connectivity index (χ0) is 21.8. The summed E-state index contributed by atoms with van der Waals surface area (Å²) in [5.41, 5.74) is 2.97. The number of para-hydroxylation sites is 1. The van der Waals surface area contributed by atoms with Crippen LogP contribution < -0.4 is 10.6 Å². The summed E-state index contributed by atoms with van der Waals surface area (Å²) >= 11 is 1.38. The Labute approximate surface area is 182 Å². The Morgan fingerprint density at radius 2 is 1.81 bits per heavy atom. The summed E-state index contributed by atoms with van der Waals surface area (Å²) in [5.74, 6) is 0.151. The summed E-state index contributed by atoms with van der Waals surface area (Å²) in [5, 5.41) is 22.6. The molecule has 8 heteroatoms. The van der Waals surface area contributed by atoms with Crippen molar-refractivity contribution in [3.63, 3.8) is 0 Å². The van der Waals surface area contributed by atoms with Crippen LogP contribution in [0.5, 0.6) is 0 Å². The second kappa shape index (κ2) is 8.81. The van der Waals surface area contributed by atoms with Gasteiger partial charge in [0.2, 0.25) is 11.8 Å². The summed E-state index contributed by atoms with van der Waals surface area (Å²) in [4.78, 5) is 26.4. The van der Waals surface area contributed by atoms with Gasteiger partial charge in [-0.15, -0.1) is 11.3 Å². The fourth-order valence-electron chi connectivity index (χ4n) is 3.16. The molecule has 2 heterocycles. The first-order valence-electron chi connectivity index (χ1n) is 9.63. The van der Waals surface area contributed by atoms with E-state index in [2.05, 4.69) is 26.9 Å². The van der Waals surface area contributed by atoms with Gasteiger partial charge in [0.15, 0.2) is 0 Å². The largest absolute Gasteiger partial charge is 0.325 e. The lowest BCUT2D eigenvalue weighted by Crippen LogP contribution is -2.15. The molecule has 0 fully saturated rings. The van der Waals surface area contributed by atoms with Crippen LogP contribution in [0.2, 0.25) is 0 Å². The van der Waals surface area contributed by atoms with Gasteiger partial charge in [0, 0.05) is 4.88 Å². The minimum absolute atomic E-state index is 0.145. The molecule has 0 aliphatic heterocycles. The van der Waals surface area contributed by atoms with Crippen molar-refractivity contribution in [2.45, 2.75) is 19.8 Å². The Hall–Kier alpha value is -3.96. The Kier molecular flexibility index (Phi) is 5.78. The molecule has 0 saturated carbocycles. The van der Waals surface area contributed by atoms with Crippen LogP contribution in [0.3, 0.4) is 0 Å². The van der Waals surface area contributed by atoms with Crippen molar-refractivity contribution in [2.24, 2.45) is 0 Å². The number of aryl methyl sites for hydroxylation is 1. The minimum Gasteiger partial charge on any atom is -0.325 e. The second-order valence-electron chi connectivity index (χ2n) is 7.12. The topological polar surface area (TPSA) is 111 Å². The molecule has 0 spiro atoms. The van der Waals surface area contributed by atoms with E-state index in [1.54, 1.807) is 24.3 Å². The number of rotatable bonds is 6. The standard InChI is InChI=1S/C23H19N5O2S/c1-14-6-8-15(9-7-14)10-20(29)26-22-18-11-17(31-23(18)28-27-22)12-21(30)25-19-5-3-2-4-16(19)13-24/h2-9,11H,10,12H2,1H3,(H,25,30)(H2,26,27,28,29). The van der Waals surface area contributed by atoms with Crippen LogP contribution in [0.1, 0.15) is 21.6 Å². The Morgan fingerprint density at radius 3 is 2.58 bits per heavy atom. The molecule has 3 N–H and O–H groups in total. The molecule has 4 aromatic rings. The van der Waals surface area contributed by atoms with Gasteiger partial charge in [0.25, 0.3) is 0 Å². The highest BCUT2D eigenvalue weighted by molar-refractivity contribution is 7.18. The maximum absolute atomic E-state index is 12.4. The number of carbonyl (C=O) groups excluding carboxylic acids is 2. The van der Waals surface area contributed by atoms with Crippen molar-refractivity contribution in [3.05, 3.63) is 76.2 Å². The average molecular weight is 430 g/mol. The molecule has 2 aromatic heterocycles. The molecule has 0 saturated heterocycles. The minimum atomic E-state index is -0.222. The van der Waals surface area contributed by atoms with E-state index in [0.29, 0.717) is 21.9 Å². The van der Waals surface area contributed by atoms with Crippen LogP contribution in [0.15, 0.2) is 54.6 Å². The van der Waals surface area contributed by atoms with Crippen molar-refractivity contribution in [1.29, 1.82) is 5.26 Å². The van der Waals surface area contributed by atoms with Crippen LogP contribution >= 0.6 is 11.3 Å². The first-order chi connectivity index (χ1) is 15.0. The summed E-state index contributed by atoms with van der Waals surface area (Å²) in [6.45, 7) is 2.00. The van der Waals surface area contributed by atoms with Crippen LogP contribution in [0.4, 0.5) is 11.5 Å². The molecule has 154 valence electrons. The molecular weight excluding hydrogens is 410 g/mol. The lowest BCUT2D eigenvalue weighted by atomic mass is 10.1. The number of nitriles is 1. The highest BCUT2D eigenvalue weighted by atomic mass is 32.1. The third kappa shape index (κ3) is 4.79. The van der Waals surface area contributed by atoms with Gasteiger partial charge in [0.05, 0.1) is 29.5 Å². The van der Waals surface area contributed by atoms with Gasteiger partial charge in [-0.3, -0.25) is 14.7 Å². The lowest BCUT2D eigenvalue weighted by molar-refractivity contribution is -0.116. The number of carbonyl (C=O) groups is 2. The van der Waals surface area contributed by atoms with Crippen molar-refractivity contribution in [3.8, 4) is 6.07 Å². The zero-order valence-corrected chi connectivity index (χ0v) is 17.5. The quantitative estimate of drug-likeness (QED) is 0.427. The monoisotopic (exact) mass is 429 g/mol. The van der Waals surface area contributed by atoms with Gasteiger partial charge in [-0.1, -0.05) is 42.0 Å². The number of hydrogen-bond donors (Lipinski definition) is 3. The number of thiophene rings is 1. The molecule has 2 amide bonds. The summed E-state index contributed by atoms with van der Waals surface area (Å²) in [6.07, 6.45) is 0.413. The molecular formula is C23H19N5O2S. The highest BCUT2D eigenvalue weighted by Crippen LogP contribution is 2.30. The molecule has 2 aromatic carbocycles. The fraction of sp³-hybridized carbons (Fsp3) is 0.130. The van der Waals surface area contributed by atoms with E-state index in [0.717, 1.165) is 21.4 Å². The molecule has 0 aliphatic carbocycles. The zero-order valence-electron chi connectivity index (χ0n) is 16.7. The number of aromatic amines is 1. The van der Waals surface area contributed by atoms with Crippen LogP contribution in [0, 0.1) is 18.3 Å². The Bertz CT molecular complexity index is 1300. The lowest BCUT2D eigenvalue weighted by Gasteiger charge is -2.05. The third-order valence-electron chi connectivity index (χ3n) is 4.71. The number of aromatic nitrogens is 2. The number of nitrogens with one attached hydrogen (secondary N) is 3. The van der Waals surface area contributed by atoms with Crippen LogP contribution in [-0.2, 0) is 22.4 Å². The van der Waals surface area contributed by atoms with Crippen LogP contribution in [0.25, 0.3) is 10.2 Å². The van der Waals surface area contributed by atoms with Crippen LogP contribution in [-0.4, -0.2) is 22.0 Å². The van der Waals surface area contributed by atoms with E-state index < -0.39 is 0 Å². The summed E-state index contributed by atoms with van der Waals surface area (Å²) in [6, 6.07) is 18.6. The molecule has 0 bridgehead atoms. The second-order valence-corrected chi connectivity index (χ2v) is 8.24. The number of benzene rings is 2. The van der Waals surface area contributed by atoms with E-state index in [1.807, 2.05) is 37.3 Å². The van der Waals surface area contributed by atoms with Gasteiger partial charge in [-0.25, -0.2) is 0 Å². The van der Waals surface area contributed by atoms with E-state index in [1.165, 1.54) is 11.3 Å². The molecule has 4 rings (SSSR count).